The van der Waals surface area contributed by atoms with Gasteiger partial charge in [-0.15, -0.1) is 0 Å². The van der Waals surface area contributed by atoms with Gasteiger partial charge in [-0.2, -0.15) is 0 Å². The third-order valence-electron chi connectivity index (χ3n) is 4.38. The van der Waals surface area contributed by atoms with E-state index < -0.39 is 0 Å². The summed E-state index contributed by atoms with van der Waals surface area (Å²) in [4.78, 5) is 0. The molecule has 0 spiro atoms. The van der Waals surface area contributed by atoms with Crippen LogP contribution in [0.5, 0.6) is 5.75 Å². The molecule has 0 amide bonds. The first-order valence-corrected chi connectivity index (χ1v) is 8.33. The zero-order valence-corrected chi connectivity index (χ0v) is 12.8. The molecule has 1 unspecified atom stereocenters. The number of aromatic hydroxyl groups is 1. The highest BCUT2D eigenvalue weighted by molar-refractivity contribution is 5.37. The average Bonchev–Trinajstić information content (AvgIpc) is 2.46. The minimum absolute atomic E-state index is 0.403. The second kappa shape index (κ2) is 8.31. The minimum atomic E-state index is 0.403. The molecule has 1 aliphatic rings. The first-order valence-electron chi connectivity index (χ1n) is 8.33. The highest BCUT2D eigenvalue weighted by Gasteiger charge is 2.18. The molecule has 0 saturated heterocycles. The lowest BCUT2D eigenvalue weighted by atomic mass is 9.88. The Morgan fingerprint density at radius 2 is 1.90 bits per heavy atom. The maximum Gasteiger partial charge on any atom is 0.115 e. The van der Waals surface area contributed by atoms with Gasteiger partial charge in [-0.1, -0.05) is 45.1 Å². The van der Waals surface area contributed by atoms with Crippen LogP contribution in [-0.2, 0) is 12.8 Å². The Bertz CT molecular complexity index is 402. The first-order chi connectivity index (χ1) is 9.79. The molecule has 2 nitrogen and oxygen atoms in total. The molecule has 1 atom stereocenters. The zero-order valence-electron chi connectivity index (χ0n) is 12.8. The van der Waals surface area contributed by atoms with E-state index in [0.717, 1.165) is 19.4 Å². The molecule has 0 bridgehead atoms. The van der Waals surface area contributed by atoms with Crippen LogP contribution in [0.2, 0.25) is 0 Å². The van der Waals surface area contributed by atoms with Crippen LogP contribution in [0.3, 0.4) is 0 Å². The third kappa shape index (κ3) is 4.82. The van der Waals surface area contributed by atoms with Gasteiger partial charge in [0.15, 0.2) is 0 Å². The Balaban J connectivity index is 1.63. The van der Waals surface area contributed by atoms with Crippen molar-refractivity contribution in [2.45, 2.75) is 70.8 Å². The lowest BCUT2D eigenvalue weighted by molar-refractivity contribution is 0.441. The zero-order chi connectivity index (χ0) is 14.2. The number of hydrogen-bond donors (Lipinski definition) is 2. The molecular weight excluding hydrogens is 246 g/mol. The van der Waals surface area contributed by atoms with Gasteiger partial charge < -0.3 is 10.4 Å². The van der Waals surface area contributed by atoms with E-state index in [4.69, 9.17) is 0 Å². The fourth-order valence-corrected chi connectivity index (χ4v) is 3.13. The number of hydrogen-bond acceptors (Lipinski definition) is 2. The van der Waals surface area contributed by atoms with Crippen molar-refractivity contribution in [3.8, 4) is 5.75 Å². The third-order valence-corrected chi connectivity index (χ3v) is 4.38. The van der Waals surface area contributed by atoms with E-state index >= 15 is 0 Å². The molecule has 1 aromatic rings. The predicted molar refractivity (Wildman–Crippen MR) is 85.3 cm³/mol. The fourth-order valence-electron chi connectivity index (χ4n) is 3.13. The molecular formula is C18H29NO. The maximum absolute atomic E-state index is 9.57. The molecule has 0 saturated carbocycles. The quantitative estimate of drug-likeness (QED) is 0.697. The SMILES string of the molecule is CCCCCCCCNC1CCc2ccc(O)cc2C1. The van der Waals surface area contributed by atoms with Gasteiger partial charge in [0.2, 0.25) is 0 Å². The molecule has 0 fully saturated rings. The standard InChI is InChI=1S/C18H29NO/c1-2-3-4-5-6-7-12-19-17-10-8-15-9-11-18(20)14-16(15)13-17/h9,11,14,17,19-20H,2-8,10,12-13H2,1H3. The van der Waals surface area contributed by atoms with E-state index in [1.165, 1.54) is 56.1 Å². The van der Waals surface area contributed by atoms with Gasteiger partial charge in [0.1, 0.15) is 5.75 Å². The van der Waals surface area contributed by atoms with E-state index in [9.17, 15) is 5.11 Å². The summed E-state index contributed by atoms with van der Waals surface area (Å²) < 4.78 is 0. The number of phenols is 1. The highest BCUT2D eigenvalue weighted by Crippen LogP contribution is 2.25. The second-order valence-electron chi connectivity index (χ2n) is 6.11. The maximum atomic E-state index is 9.57. The van der Waals surface area contributed by atoms with Crippen LogP contribution >= 0.6 is 0 Å². The Morgan fingerprint density at radius 1 is 1.10 bits per heavy atom. The molecule has 0 radical (unpaired) electrons. The number of fused-ring (bicyclic) bond motifs is 1. The molecule has 112 valence electrons. The fraction of sp³-hybridized carbons (Fsp3) is 0.667. The smallest absolute Gasteiger partial charge is 0.115 e. The number of aryl methyl sites for hydroxylation is 1. The molecule has 2 rings (SSSR count). The topological polar surface area (TPSA) is 32.3 Å². The van der Waals surface area contributed by atoms with Gasteiger partial charge >= 0.3 is 0 Å². The minimum Gasteiger partial charge on any atom is -0.508 e. The number of phenolic OH excluding ortho intramolecular Hbond substituents is 1. The highest BCUT2D eigenvalue weighted by atomic mass is 16.3. The van der Waals surface area contributed by atoms with Crippen LogP contribution < -0.4 is 5.32 Å². The molecule has 1 aliphatic carbocycles. The van der Waals surface area contributed by atoms with Crippen molar-refractivity contribution in [2.75, 3.05) is 6.54 Å². The number of rotatable bonds is 8. The lowest BCUT2D eigenvalue weighted by Gasteiger charge is -2.25. The summed E-state index contributed by atoms with van der Waals surface area (Å²) in [6.45, 7) is 3.41. The molecule has 1 aromatic carbocycles. The van der Waals surface area contributed by atoms with Gasteiger partial charge in [-0.25, -0.2) is 0 Å². The average molecular weight is 275 g/mol. The van der Waals surface area contributed by atoms with Crippen molar-refractivity contribution in [3.05, 3.63) is 29.3 Å². The van der Waals surface area contributed by atoms with Gasteiger partial charge in [-0.05, 0) is 55.5 Å². The van der Waals surface area contributed by atoms with Gasteiger partial charge in [-0.3, -0.25) is 0 Å². The van der Waals surface area contributed by atoms with Crippen molar-refractivity contribution >= 4 is 0 Å². The van der Waals surface area contributed by atoms with Crippen molar-refractivity contribution < 1.29 is 5.11 Å². The predicted octanol–water partition coefficient (Wildman–Crippen LogP) is 4.20. The molecule has 0 heterocycles. The molecule has 0 aliphatic heterocycles. The van der Waals surface area contributed by atoms with Crippen molar-refractivity contribution in [2.24, 2.45) is 0 Å². The Kier molecular flexibility index (Phi) is 6.38. The van der Waals surface area contributed by atoms with Gasteiger partial charge in [0.05, 0.1) is 0 Å². The summed E-state index contributed by atoms with van der Waals surface area (Å²) in [6, 6.07) is 6.42. The van der Waals surface area contributed by atoms with E-state index in [-0.39, 0.29) is 0 Å². The molecule has 2 N–H and O–H groups in total. The number of nitrogens with one attached hydrogen (secondary N) is 1. The largest absolute Gasteiger partial charge is 0.508 e. The van der Waals surface area contributed by atoms with Crippen LogP contribution in [0, 0.1) is 0 Å². The Hall–Kier alpha value is -1.02. The number of unbranched alkanes of at least 4 members (excludes halogenated alkanes) is 5. The van der Waals surface area contributed by atoms with Crippen LogP contribution in [0.15, 0.2) is 18.2 Å². The summed E-state index contributed by atoms with van der Waals surface area (Å²) in [5.74, 6) is 0.403. The molecule has 0 aromatic heterocycles. The Morgan fingerprint density at radius 3 is 2.75 bits per heavy atom. The van der Waals surface area contributed by atoms with Crippen molar-refractivity contribution in [1.29, 1.82) is 0 Å². The summed E-state index contributed by atoms with van der Waals surface area (Å²) in [6.07, 6.45) is 11.6. The lowest BCUT2D eigenvalue weighted by Crippen LogP contribution is -2.35. The van der Waals surface area contributed by atoms with Crippen LogP contribution in [-0.4, -0.2) is 17.7 Å². The van der Waals surface area contributed by atoms with Crippen LogP contribution in [0.1, 0.15) is 63.0 Å². The first kappa shape index (κ1) is 15.4. The van der Waals surface area contributed by atoms with Gasteiger partial charge in [0, 0.05) is 6.04 Å². The monoisotopic (exact) mass is 275 g/mol. The van der Waals surface area contributed by atoms with Gasteiger partial charge in [0.25, 0.3) is 0 Å². The van der Waals surface area contributed by atoms with E-state index in [1.54, 1.807) is 0 Å². The van der Waals surface area contributed by atoms with E-state index in [2.05, 4.69) is 18.3 Å². The summed E-state index contributed by atoms with van der Waals surface area (Å²) in [7, 11) is 0. The van der Waals surface area contributed by atoms with Crippen molar-refractivity contribution in [3.63, 3.8) is 0 Å². The number of benzene rings is 1. The van der Waals surface area contributed by atoms with E-state index in [0.29, 0.717) is 11.8 Å². The summed E-state index contributed by atoms with van der Waals surface area (Å²) in [5, 5.41) is 13.3. The molecule has 20 heavy (non-hydrogen) atoms. The van der Waals surface area contributed by atoms with E-state index in [1.807, 2.05) is 12.1 Å². The summed E-state index contributed by atoms with van der Waals surface area (Å²) >= 11 is 0. The van der Waals surface area contributed by atoms with Crippen molar-refractivity contribution in [1.82, 2.24) is 5.32 Å². The van der Waals surface area contributed by atoms with Crippen LogP contribution in [0.4, 0.5) is 0 Å². The molecule has 2 heteroatoms. The second-order valence-corrected chi connectivity index (χ2v) is 6.11. The summed E-state index contributed by atoms with van der Waals surface area (Å²) in [5.41, 5.74) is 2.75. The van der Waals surface area contributed by atoms with Crippen LogP contribution in [0.25, 0.3) is 0 Å². The Labute approximate surface area is 123 Å². The normalized spacial score (nSPS) is 17.9.